The molecule has 1 heterocycles. The number of nitrogens with zero attached hydrogens (tertiary/aromatic N) is 3. The Morgan fingerprint density at radius 2 is 1.79 bits per heavy atom. The molecule has 0 radical (unpaired) electrons. The highest BCUT2D eigenvalue weighted by atomic mass is 16.5. The van der Waals surface area contributed by atoms with Gasteiger partial charge in [-0.2, -0.15) is 0 Å². The maximum Gasteiger partial charge on any atom is 0.109 e. The predicted molar refractivity (Wildman–Crippen MR) is 98.2 cm³/mol. The monoisotopic (exact) mass is 329 g/mol. The minimum Gasteiger partial charge on any atom is -0.372 e. The van der Waals surface area contributed by atoms with E-state index in [1.807, 2.05) is 6.20 Å². The number of hydrogen-bond acceptors (Lipinski definition) is 3. The van der Waals surface area contributed by atoms with E-state index in [1.54, 1.807) is 4.68 Å². The number of aryl methyl sites for hydroxylation is 1. The van der Waals surface area contributed by atoms with Gasteiger partial charge in [0.25, 0.3) is 0 Å². The van der Waals surface area contributed by atoms with Gasteiger partial charge in [0.15, 0.2) is 0 Å². The van der Waals surface area contributed by atoms with Crippen LogP contribution in [0.2, 0.25) is 0 Å². The summed E-state index contributed by atoms with van der Waals surface area (Å²) in [5.41, 5.74) is 3.39. The van der Waals surface area contributed by atoms with Crippen LogP contribution in [0.25, 0.3) is 5.69 Å². The first-order chi connectivity index (χ1) is 11.2. The molecular weight excluding hydrogens is 298 g/mol. The number of aromatic nitrogens is 3. The van der Waals surface area contributed by atoms with Crippen LogP contribution >= 0.6 is 0 Å². The fourth-order valence-electron chi connectivity index (χ4n) is 2.81. The first kappa shape index (κ1) is 18.7. The zero-order chi connectivity index (χ0) is 17.7. The molecule has 0 amide bonds. The molecule has 0 aliphatic heterocycles. The van der Waals surface area contributed by atoms with Crippen molar-refractivity contribution in [1.82, 2.24) is 15.0 Å². The summed E-state index contributed by atoms with van der Waals surface area (Å²) < 4.78 is 7.97. The average Bonchev–Trinajstić information content (AvgIpc) is 2.92. The molecule has 4 heteroatoms. The van der Waals surface area contributed by atoms with E-state index in [0.29, 0.717) is 12.5 Å². The average molecular weight is 329 g/mol. The summed E-state index contributed by atoms with van der Waals surface area (Å²) in [5.74, 6) is 0.626. The zero-order valence-corrected chi connectivity index (χ0v) is 15.9. The molecule has 0 N–H and O–H groups in total. The summed E-state index contributed by atoms with van der Waals surface area (Å²) in [6.45, 7) is 13.9. The largest absolute Gasteiger partial charge is 0.372 e. The molecule has 1 aromatic heterocycles. The lowest BCUT2D eigenvalue weighted by Crippen LogP contribution is -2.22. The zero-order valence-electron chi connectivity index (χ0n) is 15.9. The van der Waals surface area contributed by atoms with Crippen molar-refractivity contribution in [3.63, 3.8) is 0 Å². The van der Waals surface area contributed by atoms with E-state index in [9.17, 15) is 0 Å². The third-order valence-electron chi connectivity index (χ3n) is 3.88. The number of rotatable bonds is 7. The second-order valence-electron chi connectivity index (χ2n) is 8.32. The Hall–Kier alpha value is -1.68. The van der Waals surface area contributed by atoms with Gasteiger partial charge in [-0.1, -0.05) is 57.5 Å². The third kappa shape index (κ3) is 6.08. The Kier molecular flexibility index (Phi) is 6.16. The van der Waals surface area contributed by atoms with Gasteiger partial charge in [-0.15, -0.1) is 5.10 Å². The van der Waals surface area contributed by atoms with Gasteiger partial charge in [0.1, 0.15) is 5.69 Å². The van der Waals surface area contributed by atoms with Crippen molar-refractivity contribution < 1.29 is 4.74 Å². The SMILES string of the molecule is Cc1ccc(-n2cc(COC(CC(C)C)CC(C)(C)C)nn2)cc1. The highest BCUT2D eigenvalue weighted by Gasteiger charge is 2.20. The highest BCUT2D eigenvalue weighted by Crippen LogP contribution is 2.26. The van der Waals surface area contributed by atoms with Crippen LogP contribution in [0.4, 0.5) is 0 Å². The normalized spacial score (nSPS) is 13.5. The van der Waals surface area contributed by atoms with Crippen LogP contribution in [0, 0.1) is 18.3 Å². The Bertz CT molecular complexity index is 623. The summed E-state index contributed by atoms with van der Waals surface area (Å²) in [6, 6.07) is 8.26. The molecule has 2 rings (SSSR count). The maximum absolute atomic E-state index is 6.17. The van der Waals surface area contributed by atoms with E-state index < -0.39 is 0 Å². The lowest BCUT2D eigenvalue weighted by molar-refractivity contribution is 0.000747. The van der Waals surface area contributed by atoms with Crippen LogP contribution in [-0.4, -0.2) is 21.1 Å². The number of ether oxygens (including phenoxy) is 1. The first-order valence-electron chi connectivity index (χ1n) is 8.83. The Morgan fingerprint density at radius 3 is 2.38 bits per heavy atom. The van der Waals surface area contributed by atoms with Gasteiger partial charge in [-0.05, 0) is 43.2 Å². The van der Waals surface area contributed by atoms with Gasteiger partial charge in [-0.3, -0.25) is 0 Å². The van der Waals surface area contributed by atoms with Crippen molar-refractivity contribution >= 4 is 0 Å². The molecule has 4 nitrogen and oxygen atoms in total. The van der Waals surface area contributed by atoms with E-state index in [4.69, 9.17) is 4.74 Å². The van der Waals surface area contributed by atoms with Gasteiger partial charge in [0.2, 0.25) is 0 Å². The molecule has 1 unspecified atom stereocenters. The van der Waals surface area contributed by atoms with Crippen molar-refractivity contribution in [3.05, 3.63) is 41.7 Å². The molecule has 1 aromatic carbocycles. The second kappa shape index (κ2) is 7.93. The molecule has 132 valence electrons. The van der Waals surface area contributed by atoms with Gasteiger partial charge < -0.3 is 4.74 Å². The smallest absolute Gasteiger partial charge is 0.109 e. The third-order valence-corrected chi connectivity index (χ3v) is 3.88. The van der Waals surface area contributed by atoms with Crippen molar-refractivity contribution in [2.75, 3.05) is 0 Å². The minimum atomic E-state index is 0.259. The van der Waals surface area contributed by atoms with Crippen LogP contribution in [0.3, 0.4) is 0 Å². The quantitative estimate of drug-likeness (QED) is 0.722. The van der Waals surface area contributed by atoms with Crippen LogP contribution < -0.4 is 0 Å². The second-order valence-corrected chi connectivity index (χ2v) is 8.32. The molecule has 24 heavy (non-hydrogen) atoms. The predicted octanol–water partition coefficient (Wildman–Crippen LogP) is 4.94. The van der Waals surface area contributed by atoms with Gasteiger partial charge in [0.05, 0.1) is 24.6 Å². The number of hydrogen-bond donors (Lipinski definition) is 0. The van der Waals surface area contributed by atoms with E-state index >= 15 is 0 Å². The van der Waals surface area contributed by atoms with E-state index in [2.05, 4.69) is 76.1 Å². The lowest BCUT2D eigenvalue weighted by atomic mass is 9.86. The molecule has 0 saturated heterocycles. The number of benzene rings is 1. The molecule has 0 fully saturated rings. The molecule has 0 saturated carbocycles. The van der Waals surface area contributed by atoms with Gasteiger partial charge in [0, 0.05) is 0 Å². The standard InChI is InChI=1S/C20H31N3O/c1-15(2)11-19(12-20(4,5)6)24-14-17-13-23(22-21-17)18-9-7-16(3)8-10-18/h7-10,13,15,19H,11-12,14H2,1-6H3. The van der Waals surface area contributed by atoms with Crippen LogP contribution in [0.15, 0.2) is 30.5 Å². The summed E-state index contributed by atoms with van der Waals surface area (Å²) in [4.78, 5) is 0. The highest BCUT2D eigenvalue weighted by molar-refractivity contribution is 5.33. The Balaban J connectivity index is 1.98. The van der Waals surface area contributed by atoms with Crippen molar-refractivity contribution in [2.45, 2.75) is 67.1 Å². The summed E-state index contributed by atoms with van der Waals surface area (Å²) in [5, 5.41) is 8.47. The van der Waals surface area contributed by atoms with Crippen molar-refractivity contribution in [1.29, 1.82) is 0 Å². The van der Waals surface area contributed by atoms with E-state index in [1.165, 1.54) is 5.56 Å². The van der Waals surface area contributed by atoms with Crippen LogP contribution in [0.5, 0.6) is 0 Å². The molecule has 0 bridgehead atoms. The van der Waals surface area contributed by atoms with Gasteiger partial charge >= 0.3 is 0 Å². The molecule has 0 aliphatic rings. The summed E-state index contributed by atoms with van der Waals surface area (Å²) in [7, 11) is 0. The summed E-state index contributed by atoms with van der Waals surface area (Å²) >= 11 is 0. The fourth-order valence-corrected chi connectivity index (χ4v) is 2.81. The van der Waals surface area contributed by atoms with Crippen molar-refractivity contribution in [2.24, 2.45) is 11.3 Å². The molecule has 0 spiro atoms. The molecule has 0 aliphatic carbocycles. The minimum absolute atomic E-state index is 0.259. The van der Waals surface area contributed by atoms with E-state index in [-0.39, 0.29) is 11.5 Å². The fraction of sp³-hybridized carbons (Fsp3) is 0.600. The molecule has 1 atom stereocenters. The topological polar surface area (TPSA) is 39.9 Å². The lowest BCUT2D eigenvalue weighted by Gasteiger charge is -2.27. The first-order valence-corrected chi connectivity index (χ1v) is 8.83. The van der Waals surface area contributed by atoms with Crippen LogP contribution in [-0.2, 0) is 11.3 Å². The Morgan fingerprint density at radius 1 is 1.12 bits per heavy atom. The molecular formula is C20H31N3O. The van der Waals surface area contributed by atoms with Gasteiger partial charge in [-0.25, -0.2) is 4.68 Å². The van der Waals surface area contributed by atoms with Crippen LogP contribution in [0.1, 0.15) is 58.7 Å². The maximum atomic E-state index is 6.17. The molecule has 2 aromatic rings. The van der Waals surface area contributed by atoms with E-state index in [0.717, 1.165) is 24.2 Å². The van der Waals surface area contributed by atoms with Crippen molar-refractivity contribution in [3.8, 4) is 5.69 Å². The Labute approximate surface area is 146 Å². The summed E-state index contributed by atoms with van der Waals surface area (Å²) in [6.07, 6.45) is 4.34.